The van der Waals surface area contributed by atoms with Crippen LogP contribution in [-0.4, -0.2) is 45.9 Å². The Morgan fingerprint density at radius 3 is 2.82 bits per heavy atom. The Morgan fingerprint density at radius 2 is 2.18 bits per heavy atom. The zero-order valence-electron chi connectivity index (χ0n) is 12.1. The normalized spacial score (nSPS) is 18.4. The molecule has 1 aliphatic rings. The number of rotatable bonds is 4. The fraction of sp³-hybridized carbons (Fsp3) is 0.462. The Morgan fingerprint density at radius 1 is 1.36 bits per heavy atom. The van der Waals surface area contributed by atoms with E-state index in [0.29, 0.717) is 27.9 Å². The number of nitrogens with zero attached hydrogens (tertiary/aromatic N) is 5. The Kier molecular flexibility index (Phi) is 3.88. The van der Waals surface area contributed by atoms with Crippen LogP contribution in [0.15, 0.2) is 18.3 Å². The van der Waals surface area contributed by atoms with Crippen molar-refractivity contribution in [3.63, 3.8) is 0 Å². The molecule has 1 aliphatic heterocycles. The average molecular weight is 309 g/mol. The topological polar surface area (TPSA) is 84.9 Å². The first-order valence-electron chi connectivity index (χ1n) is 6.97. The minimum atomic E-state index is -2.68. The molecule has 0 radical (unpaired) electrons. The molecule has 0 spiro atoms. The third-order valence-electron chi connectivity index (χ3n) is 3.72. The van der Waals surface area contributed by atoms with Gasteiger partial charge in [-0.05, 0) is 19.5 Å². The number of anilines is 2. The predicted octanol–water partition coefficient (Wildman–Crippen LogP) is 1.12. The van der Waals surface area contributed by atoms with Gasteiger partial charge in [0, 0.05) is 31.4 Å². The van der Waals surface area contributed by atoms with Crippen LogP contribution in [0.2, 0.25) is 0 Å². The molecule has 0 aliphatic carbocycles. The summed E-state index contributed by atoms with van der Waals surface area (Å²) in [7, 11) is 1.92. The lowest BCUT2D eigenvalue weighted by atomic mass is 10.3. The van der Waals surface area contributed by atoms with Crippen LogP contribution in [0.4, 0.5) is 20.5 Å². The number of halogens is 2. The number of nitrogens with one attached hydrogen (secondary N) is 1. The summed E-state index contributed by atoms with van der Waals surface area (Å²) in [5.41, 5.74) is 6.54. The molecule has 9 heteroatoms. The zero-order valence-corrected chi connectivity index (χ0v) is 12.1. The average Bonchev–Trinajstić information content (AvgIpc) is 3.16. The van der Waals surface area contributed by atoms with Gasteiger partial charge < -0.3 is 16.0 Å². The van der Waals surface area contributed by atoms with Gasteiger partial charge in [-0.2, -0.15) is 18.9 Å². The summed E-state index contributed by atoms with van der Waals surface area (Å²) in [5, 5.41) is 7.03. The van der Waals surface area contributed by atoms with Crippen LogP contribution in [0, 0.1) is 0 Å². The van der Waals surface area contributed by atoms with Gasteiger partial charge in [-0.25, -0.2) is 9.67 Å². The lowest BCUT2D eigenvalue weighted by molar-refractivity contribution is 0.0568. The van der Waals surface area contributed by atoms with Gasteiger partial charge in [-0.1, -0.05) is 0 Å². The molecule has 3 N–H and O–H groups in total. The second kappa shape index (κ2) is 5.84. The number of nitrogens with two attached hydrogens (primary N) is 1. The van der Waals surface area contributed by atoms with Crippen molar-refractivity contribution in [2.24, 2.45) is 0 Å². The molecule has 1 fully saturated rings. The molecular formula is C13H17F2N7. The van der Waals surface area contributed by atoms with Crippen molar-refractivity contribution >= 4 is 11.8 Å². The van der Waals surface area contributed by atoms with Gasteiger partial charge in [0.15, 0.2) is 0 Å². The maximum atomic E-state index is 12.6. The third-order valence-corrected chi connectivity index (χ3v) is 3.72. The smallest absolute Gasteiger partial charge is 0.333 e. The minimum absolute atomic E-state index is 0.104. The van der Waals surface area contributed by atoms with Crippen LogP contribution < -0.4 is 16.0 Å². The standard InChI is InChI=1S/C13H17F2N7/c1-17-8-2-4-21(7-8)11-6-10(18-13(16)19-11)9-3-5-22(20-9)12(14)15/h3,5-6,8,12,17H,2,4,7H2,1H3,(H2,16,18,19). The summed E-state index contributed by atoms with van der Waals surface area (Å²) in [4.78, 5) is 10.4. The Labute approximate surface area is 126 Å². The molecule has 1 unspecified atom stereocenters. The van der Waals surface area contributed by atoms with Gasteiger partial charge >= 0.3 is 6.55 Å². The van der Waals surface area contributed by atoms with Crippen molar-refractivity contribution in [1.29, 1.82) is 0 Å². The Balaban J connectivity index is 1.89. The van der Waals surface area contributed by atoms with Crippen molar-refractivity contribution in [3.05, 3.63) is 18.3 Å². The lowest BCUT2D eigenvalue weighted by Crippen LogP contribution is -2.30. The summed E-state index contributed by atoms with van der Waals surface area (Å²) in [6.07, 6.45) is 2.22. The van der Waals surface area contributed by atoms with E-state index in [4.69, 9.17) is 5.73 Å². The van der Waals surface area contributed by atoms with Crippen molar-refractivity contribution in [2.45, 2.75) is 19.0 Å². The van der Waals surface area contributed by atoms with Gasteiger partial charge in [0.05, 0.1) is 5.69 Å². The first kappa shape index (κ1) is 14.6. The van der Waals surface area contributed by atoms with E-state index in [0.717, 1.165) is 19.5 Å². The summed E-state index contributed by atoms with van der Waals surface area (Å²) >= 11 is 0. The van der Waals surface area contributed by atoms with Gasteiger partial charge in [-0.3, -0.25) is 0 Å². The van der Waals surface area contributed by atoms with Crippen molar-refractivity contribution in [2.75, 3.05) is 30.8 Å². The quantitative estimate of drug-likeness (QED) is 0.880. The molecule has 118 valence electrons. The second-order valence-electron chi connectivity index (χ2n) is 5.15. The molecule has 0 saturated carbocycles. The number of alkyl halides is 2. The monoisotopic (exact) mass is 309 g/mol. The molecule has 1 atom stereocenters. The van der Waals surface area contributed by atoms with E-state index < -0.39 is 6.55 Å². The first-order chi connectivity index (χ1) is 10.6. The maximum absolute atomic E-state index is 12.6. The van der Waals surface area contributed by atoms with Crippen LogP contribution in [0.25, 0.3) is 11.4 Å². The fourth-order valence-electron chi connectivity index (χ4n) is 2.53. The molecule has 2 aromatic heterocycles. The van der Waals surface area contributed by atoms with Gasteiger partial charge in [0.25, 0.3) is 0 Å². The number of hydrogen-bond acceptors (Lipinski definition) is 6. The van der Waals surface area contributed by atoms with Crippen molar-refractivity contribution in [1.82, 2.24) is 25.1 Å². The SMILES string of the molecule is CNC1CCN(c2cc(-c3ccn(C(F)F)n3)nc(N)n2)C1. The molecule has 0 bridgehead atoms. The van der Waals surface area contributed by atoms with Crippen LogP contribution in [0.3, 0.4) is 0 Å². The van der Waals surface area contributed by atoms with Gasteiger partial charge in [-0.15, -0.1) is 0 Å². The van der Waals surface area contributed by atoms with E-state index in [-0.39, 0.29) is 5.95 Å². The highest BCUT2D eigenvalue weighted by molar-refractivity contribution is 5.61. The van der Waals surface area contributed by atoms with E-state index in [2.05, 4.69) is 25.3 Å². The van der Waals surface area contributed by atoms with E-state index in [9.17, 15) is 8.78 Å². The molecule has 1 saturated heterocycles. The van der Waals surface area contributed by atoms with Crippen LogP contribution in [0.1, 0.15) is 13.0 Å². The van der Waals surface area contributed by atoms with E-state index >= 15 is 0 Å². The molecule has 22 heavy (non-hydrogen) atoms. The summed E-state index contributed by atoms with van der Waals surface area (Å²) < 4.78 is 25.8. The summed E-state index contributed by atoms with van der Waals surface area (Å²) in [6.45, 7) is -1.01. The zero-order chi connectivity index (χ0) is 15.7. The van der Waals surface area contributed by atoms with Crippen LogP contribution in [-0.2, 0) is 0 Å². The fourth-order valence-corrected chi connectivity index (χ4v) is 2.53. The van der Waals surface area contributed by atoms with Crippen LogP contribution >= 0.6 is 0 Å². The number of aromatic nitrogens is 4. The third kappa shape index (κ3) is 2.84. The molecule has 2 aromatic rings. The van der Waals surface area contributed by atoms with E-state index in [1.807, 2.05) is 7.05 Å². The van der Waals surface area contributed by atoms with Gasteiger partial charge in [0.1, 0.15) is 11.5 Å². The van der Waals surface area contributed by atoms with E-state index in [1.54, 1.807) is 6.07 Å². The molecular weight excluding hydrogens is 292 g/mol. The lowest BCUT2D eigenvalue weighted by Gasteiger charge is -2.18. The molecule has 3 heterocycles. The highest BCUT2D eigenvalue weighted by Crippen LogP contribution is 2.25. The number of nitrogen functional groups attached to an aromatic ring is 1. The maximum Gasteiger partial charge on any atom is 0.333 e. The molecule has 7 nitrogen and oxygen atoms in total. The van der Waals surface area contributed by atoms with E-state index in [1.165, 1.54) is 12.3 Å². The highest BCUT2D eigenvalue weighted by atomic mass is 19.3. The Bertz CT molecular complexity index is 658. The molecule has 0 aromatic carbocycles. The minimum Gasteiger partial charge on any atom is -0.368 e. The summed E-state index contributed by atoms with van der Waals surface area (Å²) in [6, 6.07) is 3.61. The molecule has 0 amide bonds. The predicted molar refractivity (Wildman–Crippen MR) is 78.6 cm³/mol. The second-order valence-corrected chi connectivity index (χ2v) is 5.15. The number of hydrogen-bond donors (Lipinski definition) is 2. The summed E-state index contributed by atoms with van der Waals surface area (Å²) in [5.74, 6) is 0.791. The molecule has 3 rings (SSSR count). The van der Waals surface area contributed by atoms with Crippen LogP contribution in [0.5, 0.6) is 0 Å². The Hall–Kier alpha value is -2.29. The largest absolute Gasteiger partial charge is 0.368 e. The van der Waals surface area contributed by atoms with Crippen molar-refractivity contribution in [3.8, 4) is 11.4 Å². The van der Waals surface area contributed by atoms with Gasteiger partial charge in [0.2, 0.25) is 5.95 Å². The number of likely N-dealkylation sites (N-methyl/N-ethyl adjacent to an activating group) is 1. The first-order valence-corrected chi connectivity index (χ1v) is 6.97. The van der Waals surface area contributed by atoms with Crippen molar-refractivity contribution < 1.29 is 8.78 Å². The highest BCUT2D eigenvalue weighted by Gasteiger charge is 2.23.